The lowest BCUT2D eigenvalue weighted by Crippen LogP contribution is -2.06. The first-order valence-electron chi connectivity index (χ1n) is 3.70. The topological polar surface area (TPSA) is 34.9 Å². The molecular formula is C8H12N2O. The van der Waals surface area contributed by atoms with E-state index in [2.05, 4.69) is 18.8 Å². The van der Waals surface area contributed by atoms with Crippen molar-refractivity contribution in [3.8, 4) is 0 Å². The van der Waals surface area contributed by atoms with Crippen molar-refractivity contribution in [1.29, 1.82) is 0 Å². The lowest BCUT2D eigenvalue weighted by molar-refractivity contribution is 0.111. The van der Waals surface area contributed by atoms with Gasteiger partial charge in [0.25, 0.3) is 0 Å². The third-order valence-corrected chi connectivity index (χ3v) is 1.41. The molecule has 0 unspecified atom stereocenters. The summed E-state index contributed by atoms with van der Waals surface area (Å²) in [6.07, 6.45) is 4.25. The summed E-state index contributed by atoms with van der Waals surface area (Å²) in [5, 5.41) is 0. The zero-order chi connectivity index (χ0) is 8.27. The molecule has 0 radical (unpaired) electrons. The fourth-order valence-electron chi connectivity index (χ4n) is 0.987. The average Bonchev–Trinajstić information content (AvgIpc) is 2.34. The molecule has 3 nitrogen and oxygen atoms in total. The summed E-state index contributed by atoms with van der Waals surface area (Å²) >= 11 is 0. The Morgan fingerprint density at radius 2 is 2.45 bits per heavy atom. The van der Waals surface area contributed by atoms with Gasteiger partial charge in [-0.3, -0.25) is 4.79 Å². The van der Waals surface area contributed by atoms with Gasteiger partial charge in [0.2, 0.25) is 0 Å². The lowest BCUT2D eigenvalue weighted by Gasteiger charge is -2.05. The van der Waals surface area contributed by atoms with Crippen molar-refractivity contribution in [2.75, 3.05) is 0 Å². The molecule has 0 saturated heterocycles. The zero-order valence-corrected chi connectivity index (χ0v) is 6.82. The number of hydrogen-bond acceptors (Lipinski definition) is 2. The Hall–Kier alpha value is -1.12. The number of aldehydes is 1. The number of carbonyl (C=O) groups is 1. The molecule has 3 heteroatoms. The molecule has 0 N–H and O–H groups in total. The van der Waals surface area contributed by atoms with Crippen LogP contribution >= 0.6 is 0 Å². The highest BCUT2D eigenvalue weighted by Gasteiger charge is 2.01. The van der Waals surface area contributed by atoms with Crippen LogP contribution < -0.4 is 0 Å². The molecule has 0 aliphatic rings. The smallest absolute Gasteiger partial charge is 0.185 e. The Kier molecular flexibility index (Phi) is 2.41. The highest BCUT2D eigenvalue weighted by molar-refractivity contribution is 5.69. The van der Waals surface area contributed by atoms with E-state index in [0.29, 0.717) is 11.7 Å². The average molecular weight is 152 g/mol. The van der Waals surface area contributed by atoms with E-state index in [0.717, 1.165) is 12.8 Å². The second kappa shape index (κ2) is 3.32. The maximum absolute atomic E-state index is 10.4. The molecule has 60 valence electrons. The minimum absolute atomic E-state index is 0.513. The molecule has 0 spiro atoms. The Labute approximate surface area is 66.1 Å². The molecule has 0 aromatic carbocycles. The van der Waals surface area contributed by atoms with Crippen LogP contribution in [0.1, 0.15) is 24.5 Å². The second-order valence-corrected chi connectivity index (χ2v) is 2.95. The van der Waals surface area contributed by atoms with Crippen LogP contribution in [0.15, 0.2) is 12.4 Å². The standard InChI is InChI=1S/C8H12N2O/c1-7(2)5-10-4-3-9-8(10)6-11/h3-4,6-7H,5H2,1-2H3. The number of hydrogen-bond donors (Lipinski definition) is 0. The zero-order valence-electron chi connectivity index (χ0n) is 6.82. The quantitative estimate of drug-likeness (QED) is 0.613. The predicted molar refractivity (Wildman–Crippen MR) is 42.5 cm³/mol. The van der Waals surface area contributed by atoms with Gasteiger partial charge in [-0.1, -0.05) is 13.8 Å². The van der Waals surface area contributed by atoms with E-state index in [1.54, 1.807) is 6.20 Å². The minimum atomic E-state index is 0.513. The Morgan fingerprint density at radius 3 is 3.00 bits per heavy atom. The van der Waals surface area contributed by atoms with Gasteiger partial charge < -0.3 is 4.57 Å². The molecule has 1 rings (SSSR count). The monoisotopic (exact) mass is 152 g/mol. The SMILES string of the molecule is CC(C)Cn1ccnc1C=O. The fourth-order valence-corrected chi connectivity index (χ4v) is 0.987. The van der Waals surface area contributed by atoms with Gasteiger partial charge in [0, 0.05) is 18.9 Å². The summed E-state index contributed by atoms with van der Waals surface area (Å²) in [6.45, 7) is 5.07. The van der Waals surface area contributed by atoms with E-state index in [1.165, 1.54) is 0 Å². The first kappa shape index (κ1) is 7.98. The second-order valence-electron chi connectivity index (χ2n) is 2.95. The maximum atomic E-state index is 10.4. The normalized spacial score (nSPS) is 10.5. The molecule has 0 amide bonds. The van der Waals surface area contributed by atoms with Gasteiger partial charge in [-0.05, 0) is 5.92 Å². The summed E-state index contributed by atoms with van der Waals surface area (Å²) in [6, 6.07) is 0. The Balaban J connectivity index is 2.76. The van der Waals surface area contributed by atoms with Gasteiger partial charge in [0.05, 0.1) is 0 Å². The van der Waals surface area contributed by atoms with Crippen LogP contribution in [0.25, 0.3) is 0 Å². The van der Waals surface area contributed by atoms with Crippen molar-refractivity contribution in [2.45, 2.75) is 20.4 Å². The van der Waals surface area contributed by atoms with Gasteiger partial charge in [-0.2, -0.15) is 0 Å². The molecule has 1 heterocycles. The van der Waals surface area contributed by atoms with Crippen molar-refractivity contribution >= 4 is 6.29 Å². The summed E-state index contributed by atoms with van der Waals surface area (Å²) in [7, 11) is 0. The largest absolute Gasteiger partial charge is 0.329 e. The van der Waals surface area contributed by atoms with Crippen LogP contribution in [0, 0.1) is 5.92 Å². The first-order chi connectivity index (χ1) is 5.24. The number of aromatic nitrogens is 2. The van der Waals surface area contributed by atoms with E-state index < -0.39 is 0 Å². The third-order valence-electron chi connectivity index (χ3n) is 1.41. The fraction of sp³-hybridized carbons (Fsp3) is 0.500. The van der Waals surface area contributed by atoms with Crippen LogP contribution in [0.3, 0.4) is 0 Å². The van der Waals surface area contributed by atoms with Crippen LogP contribution in [-0.2, 0) is 6.54 Å². The van der Waals surface area contributed by atoms with E-state index in [-0.39, 0.29) is 0 Å². The third kappa shape index (κ3) is 1.90. The van der Waals surface area contributed by atoms with Gasteiger partial charge in [0.15, 0.2) is 12.1 Å². The summed E-state index contributed by atoms with van der Waals surface area (Å²) < 4.78 is 1.86. The molecule has 0 aliphatic carbocycles. The van der Waals surface area contributed by atoms with Gasteiger partial charge in [0.1, 0.15) is 0 Å². The number of nitrogens with zero attached hydrogens (tertiary/aromatic N) is 2. The van der Waals surface area contributed by atoms with Gasteiger partial charge in [-0.15, -0.1) is 0 Å². The van der Waals surface area contributed by atoms with E-state index in [4.69, 9.17) is 0 Å². The van der Waals surface area contributed by atoms with Crippen molar-refractivity contribution < 1.29 is 4.79 Å². The minimum Gasteiger partial charge on any atom is -0.329 e. The molecule has 1 aromatic rings. The molecule has 0 bridgehead atoms. The van der Waals surface area contributed by atoms with Gasteiger partial charge >= 0.3 is 0 Å². The summed E-state index contributed by atoms with van der Waals surface area (Å²) in [5.41, 5.74) is 0. The van der Waals surface area contributed by atoms with E-state index in [1.807, 2.05) is 10.8 Å². The molecule has 0 saturated carbocycles. The first-order valence-corrected chi connectivity index (χ1v) is 3.70. The summed E-state index contributed by atoms with van der Waals surface area (Å²) in [5.74, 6) is 1.06. The molecule has 0 aliphatic heterocycles. The van der Waals surface area contributed by atoms with E-state index >= 15 is 0 Å². The highest BCUT2D eigenvalue weighted by Crippen LogP contribution is 2.00. The van der Waals surface area contributed by atoms with Crippen molar-refractivity contribution in [2.24, 2.45) is 5.92 Å². The molecule has 0 atom stereocenters. The Bertz CT molecular complexity index is 240. The molecule has 1 aromatic heterocycles. The molecular weight excluding hydrogens is 140 g/mol. The predicted octanol–water partition coefficient (Wildman–Crippen LogP) is 1.35. The molecule has 11 heavy (non-hydrogen) atoms. The van der Waals surface area contributed by atoms with Crippen LogP contribution in [0.4, 0.5) is 0 Å². The van der Waals surface area contributed by atoms with Crippen LogP contribution in [0.5, 0.6) is 0 Å². The van der Waals surface area contributed by atoms with E-state index in [9.17, 15) is 4.79 Å². The van der Waals surface area contributed by atoms with Gasteiger partial charge in [-0.25, -0.2) is 4.98 Å². The maximum Gasteiger partial charge on any atom is 0.185 e. The number of imidazole rings is 1. The number of rotatable bonds is 3. The van der Waals surface area contributed by atoms with Crippen LogP contribution in [0.2, 0.25) is 0 Å². The van der Waals surface area contributed by atoms with Crippen LogP contribution in [-0.4, -0.2) is 15.8 Å². The summed E-state index contributed by atoms with van der Waals surface area (Å²) in [4.78, 5) is 14.3. The van der Waals surface area contributed by atoms with Crippen molar-refractivity contribution in [1.82, 2.24) is 9.55 Å². The van der Waals surface area contributed by atoms with Crippen molar-refractivity contribution in [3.05, 3.63) is 18.2 Å². The highest BCUT2D eigenvalue weighted by atomic mass is 16.1. The molecule has 0 fully saturated rings. The Morgan fingerprint density at radius 1 is 1.73 bits per heavy atom. The number of carbonyl (C=O) groups excluding carboxylic acids is 1. The lowest BCUT2D eigenvalue weighted by atomic mass is 10.2. The van der Waals surface area contributed by atoms with Crippen molar-refractivity contribution in [3.63, 3.8) is 0 Å².